The molecule has 0 fully saturated rings. The maximum absolute atomic E-state index is 8.69. The molecule has 0 saturated carbocycles. The minimum absolute atomic E-state index is 0.151. The Kier molecular flexibility index (Phi) is 3.97. The fourth-order valence-corrected chi connectivity index (χ4v) is 0.351. The molecule has 52 valence electrons. The van der Waals surface area contributed by atoms with E-state index in [9.17, 15) is 0 Å². The highest BCUT2D eigenvalue weighted by Crippen LogP contribution is 1.95. The van der Waals surface area contributed by atoms with Gasteiger partial charge in [-0.15, -0.1) is 0 Å². The molecule has 4 heteroatoms. The fraction of sp³-hybridized carbons (Fsp3) is 0.800. The van der Waals surface area contributed by atoms with Gasteiger partial charge in [0.2, 0.25) is 0 Å². The number of rotatable bonds is 3. The van der Waals surface area contributed by atoms with Gasteiger partial charge in [-0.1, -0.05) is 0 Å². The lowest BCUT2D eigenvalue weighted by Gasteiger charge is -2.10. The predicted octanol–water partition coefficient (Wildman–Crippen LogP) is -1.39. The van der Waals surface area contributed by atoms with E-state index in [4.69, 9.17) is 20.6 Å². The molecule has 0 aromatic rings. The van der Waals surface area contributed by atoms with Crippen LogP contribution in [-0.2, 0) is 0 Å². The summed E-state index contributed by atoms with van der Waals surface area (Å²) in [6.45, 7) is -0.511. The van der Waals surface area contributed by atoms with Crippen molar-refractivity contribution in [3.63, 3.8) is 0 Å². The third-order valence-corrected chi connectivity index (χ3v) is 0.932. The van der Waals surface area contributed by atoms with Crippen LogP contribution >= 0.6 is 0 Å². The van der Waals surface area contributed by atoms with Crippen molar-refractivity contribution in [3.05, 3.63) is 0 Å². The second-order valence-corrected chi connectivity index (χ2v) is 1.68. The molecule has 4 nitrogen and oxygen atoms in total. The van der Waals surface area contributed by atoms with Crippen LogP contribution in [-0.4, -0.2) is 34.1 Å². The predicted molar refractivity (Wildman–Crippen MR) is 29.3 cm³/mol. The largest absolute Gasteiger partial charge is 0.394 e. The molecule has 0 amide bonds. The van der Waals surface area contributed by atoms with Crippen molar-refractivity contribution >= 4 is 0 Å². The van der Waals surface area contributed by atoms with Crippen LogP contribution in [0.15, 0.2) is 0 Å². The van der Waals surface area contributed by atoms with E-state index in [2.05, 4.69) is 0 Å². The van der Waals surface area contributed by atoms with E-state index in [0.717, 1.165) is 0 Å². The SMILES string of the molecule is N#CC[C@@H](O)[C@@H](O)CO. The van der Waals surface area contributed by atoms with E-state index in [1.807, 2.05) is 0 Å². The molecule has 0 radical (unpaired) electrons. The van der Waals surface area contributed by atoms with Gasteiger partial charge in [0.25, 0.3) is 0 Å². The van der Waals surface area contributed by atoms with Gasteiger partial charge < -0.3 is 15.3 Å². The highest BCUT2D eigenvalue weighted by molar-refractivity contribution is 4.79. The summed E-state index contributed by atoms with van der Waals surface area (Å²) < 4.78 is 0. The number of hydrogen-bond acceptors (Lipinski definition) is 4. The van der Waals surface area contributed by atoms with Crippen molar-refractivity contribution in [1.82, 2.24) is 0 Å². The minimum atomic E-state index is -1.19. The lowest BCUT2D eigenvalue weighted by atomic mass is 10.2. The van der Waals surface area contributed by atoms with Gasteiger partial charge in [0, 0.05) is 0 Å². The highest BCUT2D eigenvalue weighted by Gasteiger charge is 2.13. The molecule has 0 aromatic heterocycles. The van der Waals surface area contributed by atoms with Gasteiger partial charge >= 0.3 is 0 Å². The molecule has 0 aromatic carbocycles. The topological polar surface area (TPSA) is 84.5 Å². The first-order chi connectivity index (χ1) is 4.22. The smallest absolute Gasteiger partial charge is 0.104 e. The molecule has 0 saturated heterocycles. The standard InChI is InChI=1S/C5H9NO3/c6-2-1-4(8)5(9)3-7/h4-5,7-9H,1,3H2/t4-,5+/m1/s1. The van der Waals surface area contributed by atoms with E-state index < -0.39 is 18.8 Å². The number of nitrogens with zero attached hydrogens (tertiary/aromatic N) is 1. The Morgan fingerprint density at radius 1 is 1.33 bits per heavy atom. The normalized spacial score (nSPS) is 16.2. The van der Waals surface area contributed by atoms with Gasteiger partial charge in [-0.25, -0.2) is 0 Å². The molecule has 0 bridgehead atoms. The summed E-state index contributed by atoms with van der Waals surface area (Å²) in [5.74, 6) is 0. The second kappa shape index (κ2) is 4.27. The van der Waals surface area contributed by atoms with Gasteiger partial charge in [-0.05, 0) is 0 Å². The van der Waals surface area contributed by atoms with Crippen LogP contribution in [0.2, 0.25) is 0 Å². The maximum atomic E-state index is 8.69. The van der Waals surface area contributed by atoms with Crippen molar-refractivity contribution < 1.29 is 15.3 Å². The first-order valence-corrected chi connectivity index (χ1v) is 2.56. The third kappa shape index (κ3) is 3.03. The number of aliphatic hydroxyl groups is 3. The molecule has 9 heavy (non-hydrogen) atoms. The minimum Gasteiger partial charge on any atom is -0.394 e. The summed E-state index contributed by atoms with van der Waals surface area (Å²) >= 11 is 0. The van der Waals surface area contributed by atoms with Crippen molar-refractivity contribution in [2.45, 2.75) is 18.6 Å². The zero-order chi connectivity index (χ0) is 7.28. The molecule has 0 heterocycles. The molecule has 3 N–H and O–H groups in total. The van der Waals surface area contributed by atoms with Crippen LogP contribution in [0.25, 0.3) is 0 Å². The van der Waals surface area contributed by atoms with Crippen LogP contribution in [0.1, 0.15) is 6.42 Å². The first-order valence-electron chi connectivity index (χ1n) is 2.56. The van der Waals surface area contributed by atoms with E-state index >= 15 is 0 Å². The Bertz CT molecular complexity index is 109. The second-order valence-electron chi connectivity index (χ2n) is 1.68. The summed E-state index contributed by atoms with van der Waals surface area (Å²) in [6, 6.07) is 1.66. The average Bonchev–Trinajstić information content (AvgIpc) is 1.87. The lowest BCUT2D eigenvalue weighted by Crippen LogP contribution is -2.28. The Balaban J connectivity index is 3.48. The summed E-state index contributed by atoms with van der Waals surface area (Å²) in [5.41, 5.74) is 0. The van der Waals surface area contributed by atoms with E-state index in [1.165, 1.54) is 0 Å². The Morgan fingerprint density at radius 3 is 2.22 bits per heavy atom. The number of nitriles is 1. The van der Waals surface area contributed by atoms with Crippen LogP contribution in [0.5, 0.6) is 0 Å². The quantitative estimate of drug-likeness (QED) is 0.440. The zero-order valence-electron chi connectivity index (χ0n) is 4.86. The van der Waals surface area contributed by atoms with E-state index in [0.29, 0.717) is 0 Å². The van der Waals surface area contributed by atoms with E-state index in [1.54, 1.807) is 6.07 Å². The molecule has 2 atom stereocenters. The van der Waals surface area contributed by atoms with E-state index in [-0.39, 0.29) is 6.42 Å². The molecule has 0 unspecified atom stereocenters. The van der Waals surface area contributed by atoms with Crippen LogP contribution in [0.4, 0.5) is 0 Å². The van der Waals surface area contributed by atoms with Gasteiger partial charge in [-0.3, -0.25) is 0 Å². The summed E-state index contributed by atoms with van der Waals surface area (Å²) in [7, 11) is 0. The first kappa shape index (κ1) is 8.37. The van der Waals surface area contributed by atoms with Crippen molar-refractivity contribution in [1.29, 1.82) is 5.26 Å². The molecule has 0 spiro atoms. The lowest BCUT2D eigenvalue weighted by molar-refractivity contribution is -0.0112. The van der Waals surface area contributed by atoms with Crippen molar-refractivity contribution in [2.75, 3.05) is 6.61 Å². The molecule has 0 aliphatic carbocycles. The Labute approximate surface area is 53.0 Å². The summed E-state index contributed by atoms with van der Waals surface area (Å²) in [6.07, 6.45) is -2.47. The molecule has 0 aliphatic rings. The summed E-state index contributed by atoms with van der Waals surface area (Å²) in [4.78, 5) is 0. The third-order valence-electron chi connectivity index (χ3n) is 0.932. The fourth-order valence-electron chi connectivity index (χ4n) is 0.351. The molecular formula is C5H9NO3. The monoisotopic (exact) mass is 131 g/mol. The number of aliphatic hydroxyl groups excluding tert-OH is 3. The maximum Gasteiger partial charge on any atom is 0.104 e. The van der Waals surface area contributed by atoms with Gasteiger partial charge in [-0.2, -0.15) is 5.26 Å². The van der Waals surface area contributed by atoms with Gasteiger partial charge in [0.15, 0.2) is 0 Å². The van der Waals surface area contributed by atoms with Crippen LogP contribution < -0.4 is 0 Å². The molecule has 0 rings (SSSR count). The number of hydrogen-bond donors (Lipinski definition) is 3. The van der Waals surface area contributed by atoms with Crippen LogP contribution in [0, 0.1) is 11.3 Å². The average molecular weight is 131 g/mol. The van der Waals surface area contributed by atoms with Crippen LogP contribution in [0.3, 0.4) is 0 Å². The van der Waals surface area contributed by atoms with Crippen molar-refractivity contribution in [3.8, 4) is 6.07 Å². The summed E-state index contributed by atoms with van der Waals surface area (Å²) in [5, 5.41) is 33.5. The van der Waals surface area contributed by atoms with Gasteiger partial charge in [0.1, 0.15) is 6.10 Å². The molecular weight excluding hydrogens is 122 g/mol. The Hall–Kier alpha value is -0.630. The molecule has 0 aliphatic heterocycles. The highest BCUT2D eigenvalue weighted by atomic mass is 16.4. The Morgan fingerprint density at radius 2 is 1.89 bits per heavy atom. The zero-order valence-corrected chi connectivity index (χ0v) is 4.86. The van der Waals surface area contributed by atoms with Crippen molar-refractivity contribution in [2.24, 2.45) is 0 Å². The van der Waals surface area contributed by atoms with Gasteiger partial charge in [0.05, 0.1) is 25.2 Å².